The van der Waals surface area contributed by atoms with Crippen LogP contribution in [-0.4, -0.2) is 44.7 Å². The summed E-state index contributed by atoms with van der Waals surface area (Å²) >= 11 is 0. The van der Waals surface area contributed by atoms with Gasteiger partial charge >= 0.3 is 0 Å². The normalized spacial score (nSPS) is 17.0. The summed E-state index contributed by atoms with van der Waals surface area (Å²) in [5.74, 6) is 0.159. The van der Waals surface area contributed by atoms with E-state index in [0.29, 0.717) is 12.6 Å². The van der Waals surface area contributed by atoms with Crippen LogP contribution in [-0.2, 0) is 16.8 Å². The highest BCUT2D eigenvalue weighted by molar-refractivity contribution is 6.07. The third-order valence-electron chi connectivity index (χ3n) is 8.58. The van der Waals surface area contributed by atoms with E-state index in [2.05, 4.69) is 94.4 Å². The fraction of sp³-hybridized carbons (Fsp3) is 0.281. The highest BCUT2D eigenvalue weighted by Crippen LogP contribution is 2.46. The van der Waals surface area contributed by atoms with Gasteiger partial charge in [-0.2, -0.15) is 5.10 Å². The van der Waals surface area contributed by atoms with Gasteiger partial charge in [0.15, 0.2) is 0 Å². The quantitative estimate of drug-likeness (QED) is 0.328. The molecule has 4 heterocycles. The Kier molecular flexibility index (Phi) is 5.34. The van der Waals surface area contributed by atoms with Crippen LogP contribution >= 0.6 is 0 Å². The van der Waals surface area contributed by atoms with Crippen LogP contribution in [0.4, 0.5) is 5.69 Å². The second kappa shape index (κ2) is 8.77. The average molecular weight is 502 g/mol. The van der Waals surface area contributed by atoms with Crippen LogP contribution in [0.1, 0.15) is 37.8 Å². The molecule has 38 heavy (non-hydrogen) atoms. The van der Waals surface area contributed by atoms with Crippen molar-refractivity contribution in [2.75, 3.05) is 18.4 Å². The van der Waals surface area contributed by atoms with E-state index in [1.54, 1.807) is 0 Å². The summed E-state index contributed by atoms with van der Waals surface area (Å²) in [6, 6.07) is 23.9. The molecule has 2 aromatic heterocycles. The lowest BCUT2D eigenvalue weighted by atomic mass is 9.73. The number of aromatic nitrogens is 3. The Morgan fingerprint density at radius 2 is 1.76 bits per heavy atom. The van der Waals surface area contributed by atoms with Crippen LogP contribution in [0, 0.1) is 0 Å². The summed E-state index contributed by atoms with van der Waals surface area (Å²) in [5.41, 5.74) is 7.27. The average Bonchev–Trinajstić information content (AvgIpc) is 3.46. The van der Waals surface area contributed by atoms with Crippen molar-refractivity contribution in [2.24, 2.45) is 0 Å². The van der Waals surface area contributed by atoms with Crippen molar-refractivity contribution < 1.29 is 4.79 Å². The first kappa shape index (κ1) is 23.1. The second-order valence-electron chi connectivity index (χ2n) is 11.0. The Bertz CT molecular complexity index is 1690. The molecule has 0 unspecified atom stereocenters. The zero-order valence-electron chi connectivity index (χ0n) is 21.8. The topological polar surface area (TPSA) is 63.1 Å². The Hall–Kier alpha value is -4.03. The van der Waals surface area contributed by atoms with Crippen molar-refractivity contribution >= 4 is 33.4 Å². The molecule has 0 bridgehead atoms. The van der Waals surface area contributed by atoms with Crippen LogP contribution in [0.15, 0.2) is 79.1 Å². The standard InChI is InChI=1S/C32H31N5O/c1-21(2)36-14-11-32(12-15-36)27-17-23(8-10-29(27)35-31(32)38)24-6-7-26-19-34-37(30(26)18-24)20-22-5-9-28-25(16-22)4-3-13-33-28/h3-10,13,16-19,21H,11-12,14-15,20H2,1-2H3,(H,35,38). The summed E-state index contributed by atoms with van der Waals surface area (Å²) in [7, 11) is 0. The highest BCUT2D eigenvalue weighted by Gasteiger charge is 2.48. The number of likely N-dealkylation sites (tertiary alicyclic amines) is 1. The van der Waals surface area contributed by atoms with Gasteiger partial charge in [-0.15, -0.1) is 0 Å². The Labute approximate surface area is 222 Å². The van der Waals surface area contributed by atoms with E-state index in [1.807, 2.05) is 18.5 Å². The maximum absolute atomic E-state index is 13.2. The Balaban J connectivity index is 1.22. The van der Waals surface area contributed by atoms with Crippen molar-refractivity contribution in [3.8, 4) is 11.1 Å². The molecule has 190 valence electrons. The monoisotopic (exact) mass is 501 g/mol. The lowest BCUT2D eigenvalue weighted by Crippen LogP contribution is -2.48. The lowest BCUT2D eigenvalue weighted by molar-refractivity contribution is -0.122. The number of fused-ring (bicyclic) bond motifs is 4. The van der Waals surface area contributed by atoms with E-state index >= 15 is 0 Å². The van der Waals surface area contributed by atoms with Crippen LogP contribution < -0.4 is 5.32 Å². The molecule has 0 aliphatic carbocycles. The molecule has 3 aromatic carbocycles. The molecule has 5 aromatic rings. The van der Waals surface area contributed by atoms with Gasteiger partial charge in [-0.3, -0.25) is 14.5 Å². The molecule has 1 saturated heterocycles. The largest absolute Gasteiger partial charge is 0.325 e. The van der Waals surface area contributed by atoms with Crippen LogP contribution in [0.2, 0.25) is 0 Å². The number of benzene rings is 3. The summed E-state index contributed by atoms with van der Waals surface area (Å²) in [5, 5.41) is 10.1. The third kappa shape index (κ3) is 3.71. The molecule has 1 N–H and O–H groups in total. The number of rotatable bonds is 4. The Morgan fingerprint density at radius 1 is 0.947 bits per heavy atom. The number of pyridine rings is 1. The van der Waals surface area contributed by atoms with E-state index in [0.717, 1.165) is 70.1 Å². The summed E-state index contributed by atoms with van der Waals surface area (Å²) in [4.78, 5) is 20.1. The maximum atomic E-state index is 13.2. The number of piperidine rings is 1. The minimum Gasteiger partial charge on any atom is -0.325 e. The molecule has 6 nitrogen and oxygen atoms in total. The van der Waals surface area contributed by atoms with E-state index in [-0.39, 0.29) is 5.91 Å². The van der Waals surface area contributed by atoms with Gasteiger partial charge in [-0.25, -0.2) is 0 Å². The third-order valence-corrected chi connectivity index (χ3v) is 8.58. The minimum absolute atomic E-state index is 0.159. The van der Waals surface area contributed by atoms with Gasteiger partial charge in [0.1, 0.15) is 0 Å². The number of anilines is 1. The molecule has 0 saturated carbocycles. The van der Waals surface area contributed by atoms with Gasteiger partial charge in [-0.05, 0) is 98.4 Å². The molecule has 2 aliphatic heterocycles. The smallest absolute Gasteiger partial charge is 0.235 e. The SMILES string of the molecule is CC(C)N1CCC2(CC1)C(=O)Nc1ccc(-c3ccc4cnn(Cc5ccc6ncccc6c5)c4c3)cc12. The number of hydrogen-bond donors (Lipinski definition) is 1. The molecule has 7 rings (SSSR count). The first-order chi connectivity index (χ1) is 18.5. The molecule has 6 heteroatoms. The fourth-order valence-corrected chi connectivity index (χ4v) is 6.28. The summed E-state index contributed by atoms with van der Waals surface area (Å²) in [6.07, 6.45) is 5.48. The number of hydrogen-bond acceptors (Lipinski definition) is 4. The van der Waals surface area contributed by atoms with E-state index in [1.165, 1.54) is 5.56 Å². The highest BCUT2D eigenvalue weighted by atomic mass is 16.2. The number of amides is 1. The maximum Gasteiger partial charge on any atom is 0.235 e. The predicted molar refractivity (Wildman–Crippen MR) is 152 cm³/mol. The van der Waals surface area contributed by atoms with Crippen LogP contribution in [0.3, 0.4) is 0 Å². The van der Waals surface area contributed by atoms with Crippen molar-refractivity contribution in [3.63, 3.8) is 0 Å². The molecule has 0 radical (unpaired) electrons. The van der Waals surface area contributed by atoms with E-state index < -0.39 is 5.41 Å². The molecule has 2 aliphatic rings. The second-order valence-corrected chi connectivity index (χ2v) is 11.0. The van der Waals surface area contributed by atoms with Gasteiger partial charge in [0.05, 0.1) is 29.2 Å². The zero-order chi connectivity index (χ0) is 25.9. The van der Waals surface area contributed by atoms with Gasteiger partial charge in [-0.1, -0.05) is 30.3 Å². The molecular weight excluding hydrogens is 470 g/mol. The molecule has 1 spiro atoms. The molecule has 1 fully saturated rings. The van der Waals surface area contributed by atoms with Crippen LogP contribution in [0.25, 0.3) is 32.9 Å². The van der Waals surface area contributed by atoms with Crippen molar-refractivity contribution in [1.29, 1.82) is 0 Å². The van der Waals surface area contributed by atoms with Gasteiger partial charge < -0.3 is 10.2 Å². The minimum atomic E-state index is -0.423. The number of carbonyl (C=O) groups excluding carboxylic acids is 1. The number of nitrogens with one attached hydrogen (secondary N) is 1. The summed E-state index contributed by atoms with van der Waals surface area (Å²) in [6.45, 7) is 7.05. The first-order valence-electron chi connectivity index (χ1n) is 13.5. The fourth-order valence-electron chi connectivity index (χ4n) is 6.28. The van der Waals surface area contributed by atoms with E-state index in [4.69, 9.17) is 5.10 Å². The molecule has 0 atom stereocenters. The molecular formula is C32H31N5O. The van der Waals surface area contributed by atoms with Crippen LogP contribution in [0.5, 0.6) is 0 Å². The van der Waals surface area contributed by atoms with Gasteiger partial charge in [0, 0.05) is 28.7 Å². The van der Waals surface area contributed by atoms with Crippen molar-refractivity contribution in [1.82, 2.24) is 19.7 Å². The number of carbonyl (C=O) groups is 1. The Morgan fingerprint density at radius 3 is 2.61 bits per heavy atom. The van der Waals surface area contributed by atoms with E-state index in [9.17, 15) is 4.79 Å². The lowest BCUT2D eigenvalue weighted by Gasteiger charge is -2.39. The van der Waals surface area contributed by atoms with Gasteiger partial charge in [0.2, 0.25) is 5.91 Å². The molecule has 1 amide bonds. The zero-order valence-corrected chi connectivity index (χ0v) is 21.8. The van der Waals surface area contributed by atoms with Crippen molar-refractivity contribution in [3.05, 3.63) is 90.3 Å². The number of nitrogens with zero attached hydrogens (tertiary/aromatic N) is 4. The van der Waals surface area contributed by atoms with Crippen molar-refractivity contribution in [2.45, 2.75) is 44.7 Å². The van der Waals surface area contributed by atoms with Gasteiger partial charge in [0.25, 0.3) is 0 Å². The predicted octanol–water partition coefficient (Wildman–Crippen LogP) is 5.99. The first-order valence-corrected chi connectivity index (χ1v) is 13.5. The summed E-state index contributed by atoms with van der Waals surface area (Å²) < 4.78 is 2.07.